The lowest BCUT2D eigenvalue weighted by Crippen LogP contribution is -2.55. The van der Waals surface area contributed by atoms with Gasteiger partial charge in [0.15, 0.2) is 5.60 Å². The Labute approximate surface area is 307 Å². The highest BCUT2D eigenvalue weighted by Gasteiger charge is 2.66. The minimum atomic E-state index is -2.35. The normalized spacial score (nSPS) is 25.4. The van der Waals surface area contributed by atoms with Crippen molar-refractivity contribution in [1.82, 2.24) is 5.32 Å². The van der Waals surface area contributed by atoms with E-state index < -0.39 is 19.2 Å². The molecule has 4 aromatic rings. The van der Waals surface area contributed by atoms with Gasteiger partial charge in [-0.3, -0.25) is 19.4 Å². The first-order valence-electron chi connectivity index (χ1n) is 18.5. The number of rotatable bonds is 8. The third kappa shape index (κ3) is 5.14. The van der Waals surface area contributed by atoms with Crippen LogP contribution in [0.3, 0.4) is 0 Å². The first-order valence-corrected chi connectivity index (χ1v) is 21.6. The summed E-state index contributed by atoms with van der Waals surface area (Å²) in [6.07, 6.45) is 1.49. The van der Waals surface area contributed by atoms with Gasteiger partial charge in [-0.05, 0) is 92.5 Å². The minimum absolute atomic E-state index is 0.00391. The number of carbonyl (C=O) groups excluding carboxylic acids is 2. The lowest BCUT2D eigenvalue weighted by molar-refractivity contribution is -0.145. The predicted molar refractivity (Wildman–Crippen MR) is 207 cm³/mol. The van der Waals surface area contributed by atoms with Crippen LogP contribution in [0.25, 0.3) is 0 Å². The molecule has 3 fully saturated rings. The van der Waals surface area contributed by atoms with Gasteiger partial charge in [-0.25, -0.2) is 0 Å². The van der Waals surface area contributed by atoms with E-state index in [2.05, 4.69) is 54.5 Å². The third-order valence-electron chi connectivity index (χ3n) is 12.4. The van der Waals surface area contributed by atoms with Gasteiger partial charge >= 0.3 is 0 Å². The molecule has 0 aliphatic carbocycles. The Bertz CT molecular complexity index is 1950. The molecule has 4 aromatic carbocycles. The summed E-state index contributed by atoms with van der Waals surface area (Å²) in [5.74, 6) is 0.526. The Morgan fingerprint density at radius 2 is 1.52 bits per heavy atom. The van der Waals surface area contributed by atoms with Gasteiger partial charge in [0.1, 0.15) is 11.3 Å². The van der Waals surface area contributed by atoms with E-state index in [4.69, 9.17) is 9.47 Å². The maximum Gasteiger partial charge on any atom is 0.268 e. The molecule has 270 valence electrons. The number of para-hydroxylation sites is 2. The van der Waals surface area contributed by atoms with Gasteiger partial charge in [0, 0.05) is 35.2 Å². The predicted octanol–water partition coefficient (Wildman–Crippen LogP) is 5.90. The van der Waals surface area contributed by atoms with Crippen molar-refractivity contribution >= 4 is 47.8 Å². The van der Waals surface area contributed by atoms with Crippen LogP contribution in [0.2, 0.25) is 18.6 Å². The van der Waals surface area contributed by atoms with Gasteiger partial charge < -0.3 is 24.8 Å². The number of fused-ring (bicyclic) bond motifs is 2. The number of methoxy groups -OCH3 is 1. The van der Waals surface area contributed by atoms with Crippen LogP contribution in [-0.2, 0) is 19.9 Å². The summed E-state index contributed by atoms with van der Waals surface area (Å²) in [5.41, 5.74) is 2.13. The van der Waals surface area contributed by atoms with Crippen LogP contribution in [-0.4, -0.2) is 70.1 Å². The molecule has 10 heteroatoms. The average molecular weight is 717 g/mol. The fourth-order valence-electron chi connectivity index (χ4n) is 9.79. The second kappa shape index (κ2) is 13.2. The number of anilines is 4. The molecule has 0 saturated carbocycles. The molecule has 0 unspecified atom stereocenters. The molecule has 0 radical (unpaired) electrons. The van der Waals surface area contributed by atoms with Crippen molar-refractivity contribution in [3.05, 3.63) is 109 Å². The zero-order valence-corrected chi connectivity index (χ0v) is 31.4. The fraction of sp³-hybridized carbons (Fsp3) is 0.381. The summed E-state index contributed by atoms with van der Waals surface area (Å²) in [5, 5.41) is 15.1. The highest BCUT2D eigenvalue weighted by atomic mass is 28.3. The van der Waals surface area contributed by atoms with E-state index >= 15 is 4.79 Å². The molecule has 2 N–H and O–H groups in total. The summed E-state index contributed by atoms with van der Waals surface area (Å²) in [4.78, 5) is 36.0. The van der Waals surface area contributed by atoms with Crippen molar-refractivity contribution in [3.8, 4) is 5.75 Å². The monoisotopic (exact) mass is 716 g/mol. The fourth-order valence-corrected chi connectivity index (χ4v) is 13.9. The third-order valence-corrected chi connectivity index (χ3v) is 16.8. The summed E-state index contributed by atoms with van der Waals surface area (Å²) >= 11 is 0. The zero-order chi connectivity index (χ0) is 36.3. The first kappa shape index (κ1) is 34.6. The highest BCUT2D eigenvalue weighted by Crippen LogP contribution is 2.61. The number of nitrogens with zero attached hydrogens (tertiary/aromatic N) is 3. The molecule has 4 aliphatic heterocycles. The van der Waals surface area contributed by atoms with E-state index in [9.17, 15) is 9.90 Å². The van der Waals surface area contributed by atoms with Gasteiger partial charge in [0.05, 0.1) is 33.6 Å². The van der Waals surface area contributed by atoms with Gasteiger partial charge in [0.25, 0.3) is 11.8 Å². The number of nitrogens with one attached hydrogen (secondary N) is 1. The van der Waals surface area contributed by atoms with E-state index in [0.717, 1.165) is 47.2 Å². The molecule has 4 atom stereocenters. The number of aliphatic hydroxyl groups excluding tert-OH is 1. The van der Waals surface area contributed by atoms with Crippen molar-refractivity contribution in [1.29, 1.82) is 0 Å². The van der Waals surface area contributed by atoms with Crippen LogP contribution < -0.4 is 29.9 Å². The van der Waals surface area contributed by atoms with E-state index in [1.807, 2.05) is 83.8 Å². The van der Waals surface area contributed by atoms with E-state index in [0.29, 0.717) is 25.9 Å². The van der Waals surface area contributed by atoms with Crippen LogP contribution in [0.1, 0.15) is 31.7 Å². The highest BCUT2D eigenvalue weighted by molar-refractivity contribution is 6.91. The number of carbonyl (C=O) groups is 2. The number of benzene rings is 4. The van der Waals surface area contributed by atoms with Crippen molar-refractivity contribution in [3.63, 3.8) is 0 Å². The average Bonchev–Trinajstić information content (AvgIpc) is 3.73. The first-order chi connectivity index (χ1) is 25.2. The number of amides is 2. The zero-order valence-electron chi connectivity index (χ0n) is 30.4. The molecule has 4 aliphatic rings. The minimum Gasteiger partial charge on any atom is -0.497 e. The molecule has 2 spiro atoms. The van der Waals surface area contributed by atoms with Crippen LogP contribution in [0.15, 0.2) is 103 Å². The van der Waals surface area contributed by atoms with Gasteiger partial charge in [-0.15, -0.1) is 0 Å². The lowest BCUT2D eigenvalue weighted by Gasteiger charge is -2.39. The van der Waals surface area contributed by atoms with Crippen molar-refractivity contribution in [2.45, 2.75) is 62.1 Å². The lowest BCUT2D eigenvalue weighted by atomic mass is 9.82. The standard InChI is InChI=1S/C42H48N4O5Si/c1-29-38(52(3,4)34-18-16-33(50-2)17-19-34)37(21-26-47)51-42(29)35-27-32(15-20-36(35)46(40(42)49)31-13-9-6-10-14-31)44-28-45(30-11-7-5-8-12-30)41(39(44)48)22-24-43-25-23-41/h5-20,27,29,37-38,43,47H,21-26,28H2,1-4H3/t29-,37+,38-,42+/m0/s1. The second-order valence-corrected chi connectivity index (χ2v) is 20.0. The van der Waals surface area contributed by atoms with Gasteiger partial charge in [0.2, 0.25) is 0 Å². The van der Waals surface area contributed by atoms with Crippen LogP contribution >= 0.6 is 0 Å². The molecule has 2 amide bonds. The number of piperidine rings is 1. The molecule has 9 nitrogen and oxygen atoms in total. The van der Waals surface area contributed by atoms with Crippen molar-refractivity contribution in [2.24, 2.45) is 5.92 Å². The van der Waals surface area contributed by atoms with Crippen molar-refractivity contribution < 1.29 is 24.2 Å². The smallest absolute Gasteiger partial charge is 0.268 e. The summed E-state index contributed by atoms with van der Waals surface area (Å²) in [6, 6.07) is 34.3. The van der Waals surface area contributed by atoms with E-state index in [1.54, 1.807) is 12.0 Å². The molecular formula is C42H48N4O5Si. The quantitative estimate of drug-likeness (QED) is 0.219. The Morgan fingerprint density at radius 1 is 0.865 bits per heavy atom. The van der Waals surface area contributed by atoms with Gasteiger partial charge in [-0.1, -0.05) is 73.7 Å². The van der Waals surface area contributed by atoms with Crippen LogP contribution in [0, 0.1) is 5.92 Å². The number of hydrogen-bond acceptors (Lipinski definition) is 7. The van der Waals surface area contributed by atoms with Crippen LogP contribution in [0.5, 0.6) is 5.75 Å². The van der Waals surface area contributed by atoms with Crippen molar-refractivity contribution in [2.75, 3.05) is 48.2 Å². The topological polar surface area (TPSA) is 94.6 Å². The molecule has 0 aromatic heterocycles. The SMILES string of the molecule is COc1ccc([Si](C)(C)[C@@H]2[C@@H](CCO)O[C@]3(C(=O)N(c4ccccc4)c4ccc(N5CN(c6ccccc6)C6(CCNCC6)C5=O)cc43)[C@H]2C)cc1. The van der Waals surface area contributed by atoms with E-state index in [1.165, 1.54) is 5.19 Å². The molecule has 3 saturated heterocycles. The maximum atomic E-state index is 15.3. The number of hydrogen-bond donors (Lipinski definition) is 2. The number of ether oxygens (including phenoxy) is 2. The molecule has 8 rings (SSSR count). The Kier molecular flexibility index (Phi) is 8.77. The summed E-state index contributed by atoms with van der Waals surface area (Å²) < 4.78 is 12.7. The maximum absolute atomic E-state index is 15.3. The summed E-state index contributed by atoms with van der Waals surface area (Å²) in [7, 11) is -0.685. The van der Waals surface area contributed by atoms with Crippen LogP contribution in [0.4, 0.5) is 22.7 Å². The molecular weight excluding hydrogens is 669 g/mol. The van der Waals surface area contributed by atoms with Gasteiger partial charge in [-0.2, -0.15) is 0 Å². The Morgan fingerprint density at radius 3 is 2.15 bits per heavy atom. The largest absolute Gasteiger partial charge is 0.497 e. The molecule has 52 heavy (non-hydrogen) atoms. The Balaban J connectivity index is 1.26. The number of aliphatic hydroxyl groups is 1. The second-order valence-electron chi connectivity index (χ2n) is 15.3. The summed E-state index contributed by atoms with van der Waals surface area (Å²) in [6.45, 7) is 8.74. The molecule has 4 heterocycles. The van der Waals surface area contributed by atoms with E-state index in [-0.39, 0.29) is 36.0 Å². The molecule has 0 bridgehead atoms. The Hall–Kier alpha value is -4.48.